The SMILES string of the molecule is COc1cc(/C=c2\sc3n(c2=O)C2c4ccccc4OC(C)(N=3)C2C(C)=O)ccc1OC(F)F. The van der Waals surface area contributed by atoms with Gasteiger partial charge in [0.2, 0.25) is 5.72 Å². The van der Waals surface area contributed by atoms with Gasteiger partial charge in [0.05, 0.1) is 17.7 Å². The van der Waals surface area contributed by atoms with Crippen molar-refractivity contribution >= 4 is 23.2 Å². The number of methoxy groups -OCH3 is 1. The number of carbonyl (C=O) groups is 1. The van der Waals surface area contributed by atoms with Crippen LogP contribution in [0.4, 0.5) is 8.78 Å². The first-order valence-corrected chi connectivity index (χ1v) is 11.3. The zero-order valence-corrected chi connectivity index (χ0v) is 19.3. The topological polar surface area (TPSA) is 79.1 Å². The molecule has 3 heterocycles. The van der Waals surface area contributed by atoms with Gasteiger partial charge >= 0.3 is 6.61 Å². The standard InChI is InChI=1S/C24H20F2N2O5S/c1-12(29)19-20-14-6-4-5-7-15(14)33-24(19,2)27-23-28(20)21(30)18(34-23)11-13-8-9-16(32-22(25)26)17(10-13)31-3/h4-11,19-20,22H,1-3H3/b18-11-. The Morgan fingerprint density at radius 2 is 2.03 bits per heavy atom. The molecular weight excluding hydrogens is 466 g/mol. The number of nitrogens with zero attached hydrogens (tertiary/aromatic N) is 2. The molecule has 0 saturated carbocycles. The predicted molar refractivity (Wildman–Crippen MR) is 120 cm³/mol. The van der Waals surface area contributed by atoms with Crippen molar-refractivity contribution in [1.82, 2.24) is 4.57 Å². The van der Waals surface area contributed by atoms with Crippen molar-refractivity contribution in [3.8, 4) is 17.2 Å². The highest BCUT2D eigenvalue weighted by atomic mass is 32.1. The minimum atomic E-state index is -2.99. The summed E-state index contributed by atoms with van der Waals surface area (Å²) in [5, 5.41) is 0. The lowest BCUT2D eigenvalue weighted by Crippen LogP contribution is -2.58. The first-order chi connectivity index (χ1) is 16.2. The predicted octanol–water partition coefficient (Wildman–Crippen LogP) is 2.89. The van der Waals surface area contributed by atoms with E-state index in [9.17, 15) is 18.4 Å². The number of carbonyl (C=O) groups excluding carboxylic acids is 1. The molecular formula is C24H20F2N2O5S. The molecule has 2 aliphatic rings. The van der Waals surface area contributed by atoms with E-state index in [0.29, 0.717) is 20.6 Å². The summed E-state index contributed by atoms with van der Waals surface area (Å²) in [6.45, 7) is 0.248. The van der Waals surface area contributed by atoms with Crippen molar-refractivity contribution in [2.24, 2.45) is 10.9 Å². The van der Waals surface area contributed by atoms with Crippen molar-refractivity contribution < 1.29 is 27.8 Å². The Morgan fingerprint density at radius 3 is 2.74 bits per heavy atom. The summed E-state index contributed by atoms with van der Waals surface area (Å²) < 4.78 is 43.0. The van der Waals surface area contributed by atoms with E-state index in [1.54, 1.807) is 29.7 Å². The van der Waals surface area contributed by atoms with E-state index >= 15 is 0 Å². The molecule has 0 radical (unpaired) electrons. The van der Waals surface area contributed by atoms with E-state index in [0.717, 1.165) is 5.56 Å². The Morgan fingerprint density at radius 1 is 1.26 bits per heavy atom. The van der Waals surface area contributed by atoms with Crippen molar-refractivity contribution in [1.29, 1.82) is 0 Å². The summed E-state index contributed by atoms with van der Waals surface area (Å²) in [6, 6.07) is 11.2. The summed E-state index contributed by atoms with van der Waals surface area (Å²) in [5.74, 6) is -0.195. The highest BCUT2D eigenvalue weighted by molar-refractivity contribution is 7.07. The zero-order valence-electron chi connectivity index (χ0n) is 18.5. The molecule has 34 heavy (non-hydrogen) atoms. The average Bonchev–Trinajstić information content (AvgIpc) is 3.07. The minimum Gasteiger partial charge on any atom is -0.493 e. The van der Waals surface area contributed by atoms with Gasteiger partial charge in [-0.2, -0.15) is 8.78 Å². The Hall–Kier alpha value is -3.53. The van der Waals surface area contributed by atoms with E-state index < -0.39 is 24.3 Å². The molecule has 1 aromatic heterocycles. The minimum absolute atomic E-state index is 0.105. The Balaban J connectivity index is 1.69. The molecule has 176 valence electrons. The largest absolute Gasteiger partial charge is 0.493 e. The zero-order chi connectivity index (χ0) is 24.2. The number of halogens is 2. The Kier molecular flexibility index (Phi) is 5.27. The third kappa shape index (κ3) is 3.49. The number of benzene rings is 2. The molecule has 2 aliphatic heterocycles. The van der Waals surface area contributed by atoms with Gasteiger partial charge in [-0.1, -0.05) is 35.6 Å². The number of Topliss-reactive ketones (excluding diaryl/α,β-unsaturated/α-hetero) is 1. The first-order valence-electron chi connectivity index (χ1n) is 10.5. The van der Waals surface area contributed by atoms with Crippen LogP contribution in [0, 0.1) is 5.92 Å². The second kappa shape index (κ2) is 8.05. The number of hydrogen-bond donors (Lipinski definition) is 0. The van der Waals surface area contributed by atoms with E-state index in [-0.39, 0.29) is 22.8 Å². The monoisotopic (exact) mass is 486 g/mol. The van der Waals surface area contributed by atoms with Crippen LogP contribution in [0.25, 0.3) is 6.08 Å². The van der Waals surface area contributed by atoms with Crippen LogP contribution in [0.15, 0.2) is 52.3 Å². The molecule has 7 nitrogen and oxygen atoms in total. The number of thiazole rings is 1. The fourth-order valence-corrected chi connectivity index (χ4v) is 5.77. The van der Waals surface area contributed by atoms with Crippen LogP contribution in [0.5, 0.6) is 17.2 Å². The van der Waals surface area contributed by atoms with E-state index in [4.69, 9.17) is 14.5 Å². The Bertz CT molecular complexity index is 1480. The second-order valence-corrected chi connectivity index (χ2v) is 9.21. The third-order valence-corrected chi connectivity index (χ3v) is 7.00. The first kappa shape index (κ1) is 22.3. The van der Waals surface area contributed by atoms with Gasteiger partial charge in [0, 0.05) is 5.56 Å². The maximum absolute atomic E-state index is 13.5. The molecule has 0 spiro atoms. The smallest absolute Gasteiger partial charge is 0.387 e. The highest BCUT2D eigenvalue weighted by Crippen LogP contribution is 2.47. The average molecular weight is 486 g/mol. The van der Waals surface area contributed by atoms with Crippen LogP contribution in [0.3, 0.4) is 0 Å². The number of fused-ring (bicyclic) bond motifs is 6. The molecule has 0 saturated heterocycles. The highest BCUT2D eigenvalue weighted by Gasteiger charge is 2.53. The molecule has 0 amide bonds. The summed E-state index contributed by atoms with van der Waals surface area (Å²) in [5.41, 5.74) is -0.135. The van der Waals surface area contributed by atoms with Crippen molar-refractivity contribution in [2.75, 3.05) is 7.11 Å². The van der Waals surface area contributed by atoms with Gasteiger partial charge < -0.3 is 14.2 Å². The molecule has 3 atom stereocenters. The maximum atomic E-state index is 13.5. The van der Waals surface area contributed by atoms with E-state index in [1.165, 1.54) is 37.5 Å². The summed E-state index contributed by atoms with van der Waals surface area (Å²) >= 11 is 1.17. The number of ketones is 1. The normalized spacial score (nSPS) is 22.9. The van der Waals surface area contributed by atoms with Crippen molar-refractivity contribution in [2.45, 2.75) is 32.2 Å². The summed E-state index contributed by atoms with van der Waals surface area (Å²) in [6.07, 6.45) is 1.63. The van der Waals surface area contributed by atoms with E-state index in [2.05, 4.69) is 4.74 Å². The van der Waals surface area contributed by atoms with Gasteiger partial charge in [-0.3, -0.25) is 14.2 Å². The number of aromatic nitrogens is 1. The number of ether oxygens (including phenoxy) is 3. The van der Waals surface area contributed by atoms with Crippen LogP contribution in [-0.2, 0) is 4.79 Å². The number of hydrogen-bond acceptors (Lipinski definition) is 7. The maximum Gasteiger partial charge on any atom is 0.387 e. The lowest BCUT2D eigenvalue weighted by molar-refractivity contribution is -0.132. The number of rotatable bonds is 5. The summed E-state index contributed by atoms with van der Waals surface area (Å²) in [7, 11) is 1.34. The van der Waals surface area contributed by atoms with Crippen LogP contribution in [-0.4, -0.2) is 29.8 Å². The van der Waals surface area contributed by atoms with E-state index in [1.807, 2.05) is 18.2 Å². The van der Waals surface area contributed by atoms with Crippen molar-refractivity contribution in [3.05, 3.63) is 73.3 Å². The molecule has 10 heteroatoms. The van der Waals surface area contributed by atoms with Crippen LogP contribution >= 0.6 is 11.3 Å². The van der Waals surface area contributed by atoms with Gasteiger partial charge in [-0.25, -0.2) is 4.99 Å². The van der Waals surface area contributed by atoms with Crippen LogP contribution in [0.1, 0.15) is 31.0 Å². The molecule has 0 aliphatic carbocycles. The van der Waals surface area contributed by atoms with Gasteiger partial charge in [0.1, 0.15) is 17.5 Å². The summed E-state index contributed by atoms with van der Waals surface area (Å²) in [4.78, 5) is 31.4. The van der Waals surface area contributed by atoms with Gasteiger partial charge in [0.25, 0.3) is 5.56 Å². The molecule has 2 bridgehead atoms. The van der Waals surface area contributed by atoms with Crippen LogP contribution in [0.2, 0.25) is 0 Å². The lowest BCUT2D eigenvalue weighted by Gasteiger charge is -2.45. The molecule has 3 unspecified atom stereocenters. The molecule has 5 rings (SSSR count). The molecule has 0 fully saturated rings. The molecule has 3 aromatic rings. The number of alkyl halides is 2. The van der Waals surface area contributed by atoms with Gasteiger partial charge in [-0.05, 0) is 43.7 Å². The van der Waals surface area contributed by atoms with Gasteiger partial charge in [0.15, 0.2) is 16.3 Å². The molecule has 2 aromatic carbocycles. The fourth-order valence-electron chi connectivity index (χ4n) is 4.67. The molecule has 0 N–H and O–H groups in total. The third-order valence-electron chi connectivity index (χ3n) is 6.02. The van der Waals surface area contributed by atoms with Gasteiger partial charge in [-0.15, -0.1) is 0 Å². The fraction of sp³-hybridized carbons (Fsp3) is 0.292. The quantitative estimate of drug-likeness (QED) is 0.554. The van der Waals surface area contributed by atoms with Crippen molar-refractivity contribution in [3.63, 3.8) is 0 Å². The number of para-hydroxylation sites is 1. The lowest BCUT2D eigenvalue weighted by atomic mass is 9.79. The Labute approximate surface area is 196 Å². The van der Waals surface area contributed by atoms with Crippen LogP contribution < -0.4 is 29.1 Å². The second-order valence-electron chi connectivity index (χ2n) is 8.20.